The van der Waals surface area contributed by atoms with Crippen molar-refractivity contribution >= 4 is 21.5 Å². The zero-order valence-corrected chi connectivity index (χ0v) is 14.7. The number of hydrogen-bond donors (Lipinski definition) is 0. The number of pyridine rings is 1. The average molecular weight is 347 g/mol. The molecule has 130 valence electrons. The Labute approximate surface area is 151 Å². The van der Waals surface area contributed by atoms with Crippen LogP contribution in [0, 0.1) is 0 Å². The average Bonchev–Trinajstić information content (AvgIpc) is 2.66. The van der Waals surface area contributed by atoms with Gasteiger partial charge in [0.05, 0.1) is 5.69 Å². The minimum absolute atomic E-state index is 0.0516. The maximum Gasteiger partial charge on any atom is 0.264 e. The Morgan fingerprint density at radius 1 is 0.808 bits per heavy atom. The Morgan fingerprint density at radius 3 is 2.35 bits per heavy atom. The summed E-state index contributed by atoms with van der Waals surface area (Å²) in [5.74, 6) is 0.433. The van der Waals surface area contributed by atoms with Crippen LogP contribution in [-0.2, 0) is 0 Å². The molecule has 0 N–H and O–H groups in total. The molecule has 1 nitrogen and oxygen atoms in total. The quantitative estimate of drug-likeness (QED) is 0.384. The van der Waals surface area contributed by atoms with Crippen LogP contribution in [0.2, 0.25) is 0 Å². The first-order chi connectivity index (χ1) is 12.5. The normalized spacial score (nSPS) is 11.8. The summed E-state index contributed by atoms with van der Waals surface area (Å²) in [6.07, 6.45) is -0.777. The second kappa shape index (κ2) is 6.49. The highest BCUT2D eigenvalue weighted by atomic mass is 19.3. The summed E-state index contributed by atoms with van der Waals surface area (Å²) in [4.78, 5) is 4.51. The minimum Gasteiger partial charge on any atom is -0.256 e. The van der Waals surface area contributed by atoms with E-state index in [-0.39, 0.29) is 5.56 Å². The topological polar surface area (TPSA) is 12.9 Å². The fourth-order valence-electron chi connectivity index (χ4n) is 3.44. The molecular formula is C23H19F2N. The molecule has 4 aromatic rings. The van der Waals surface area contributed by atoms with E-state index in [0.29, 0.717) is 11.3 Å². The standard InChI is InChI=1S/C23H19F2N/c1-14(2)15-7-8-20-17(11-15)9-10-26-22(20)18-12-16-5-3-4-6-19(16)21(13-18)23(24)25/h3-14,23H,1-2H3. The third-order valence-corrected chi connectivity index (χ3v) is 4.86. The summed E-state index contributed by atoms with van der Waals surface area (Å²) in [5.41, 5.74) is 2.77. The fraction of sp³-hybridized carbons (Fsp3) is 0.174. The molecule has 0 amide bonds. The lowest BCUT2D eigenvalue weighted by molar-refractivity contribution is 0.153. The Bertz CT molecular complexity index is 1100. The highest BCUT2D eigenvalue weighted by molar-refractivity contribution is 5.98. The van der Waals surface area contributed by atoms with Crippen molar-refractivity contribution in [2.45, 2.75) is 26.2 Å². The molecule has 0 radical (unpaired) electrons. The van der Waals surface area contributed by atoms with Crippen LogP contribution in [0.1, 0.15) is 37.3 Å². The molecule has 0 saturated heterocycles. The molecular weight excluding hydrogens is 328 g/mol. The van der Waals surface area contributed by atoms with Crippen molar-refractivity contribution in [3.63, 3.8) is 0 Å². The summed E-state index contributed by atoms with van der Waals surface area (Å²) in [7, 11) is 0. The van der Waals surface area contributed by atoms with Crippen LogP contribution in [0.3, 0.4) is 0 Å². The zero-order valence-electron chi connectivity index (χ0n) is 14.7. The predicted octanol–water partition coefficient (Wildman–Crippen LogP) is 7.12. The number of halogens is 2. The van der Waals surface area contributed by atoms with E-state index < -0.39 is 6.43 Å². The first-order valence-corrected chi connectivity index (χ1v) is 8.74. The van der Waals surface area contributed by atoms with E-state index in [9.17, 15) is 8.78 Å². The van der Waals surface area contributed by atoms with Crippen molar-refractivity contribution in [1.82, 2.24) is 4.98 Å². The molecule has 0 fully saturated rings. The number of hydrogen-bond acceptors (Lipinski definition) is 1. The van der Waals surface area contributed by atoms with Gasteiger partial charge in [-0.1, -0.05) is 56.3 Å². The van der Waals surface area contributed by atoms with E-state index in [0.717, 1.165) is 27.4 Å². The lowest BCUT2D eigenvalue weighted by Gasteiger charge is -2.13. The highest BCUT2D eigenvalue weighted by Gasteiger charge is 2.15. The molecule has 3 aromatic carbocycles. The molecule has 0 atom stereocenters. The number of aromatic nitrogens is 1. The van der Waals surface area contributed by atoms with Gasteiger partial charge in [-0.2, -0.15) is 0 Å². The number of benzene rings is 3. The summed E-state index contributed by atoms with van der Waals surface area (Å²) in [6.45, 7) is 4.31. The Morgan fingerprint density at radius 2 is 1.58 bits per heavy atom. The smallest absolute Gasteiger partial charge is 0.256 e. The van der Waals surface area contributed by atoms with Crippen LogP contribution in [0.15, 0.2) is 66.9 Å². The van der Waals surface area contributed by atoms with Gasteiger partial charge in [0.25, 0.3) is 6.43 Å². The Balaban J connectivity index is 1.98. The number of fused-ring (bicyclic) bond motifs is 2. The predicted molar refractivity (Wildman–Crippen MR) is 104 cm³/mol. The molecule has 0 spiro atoms. The second-order valence-electron chi connectivity index (χ2n) is 6.88. The molecule has 3 heteroatoms. The fourth-order valence-corrected chi connectivity index (χ4v) is 3.44. The van der Waals surface area contributed by atoms with E-state index >= 15 is 0 Å². The van der Waals surface area contributed by atoms with Crippen molar-refractivity contribution in [3.8, 4) is 11.3 Å². The maximum absolute atomic E-state index is 13.6. The molecule has 1 heterocycles. The largest absolute Gasteiger partial charge is 0.264 e. The third kappa shape index (κ3) is 2.84. The number of rotatable bonds is 3. The number of alkyl halides is 2. The second-order valence-corrected chi connectivity index (χ2v) is 6.88. The molecule has 1 aromatic heterocycles. The summed E-state index contributed by atoms with van der Waals surface area (Å²) in [5, 5.41) is 3.45. The van der Waals surface area contributed by atoms with E-state index in [4.69, 9.17) is 0 Å². The lowest BCUT2D eigenvalue weighted by Crippen LogP contribution is -1.93. The molecule has 4 rings (SSSR count). The van der Waals surface area contributed by atoms with Gasteiger partial charge in [0, 0.05) is 22.7 Å². The molecule has 0 aliphatic rings. The summed E-state index contributed by atoms with van der Waals surface area (Å²) >= 11 is 0. The van der Waals surface area contributed by atoms with Gasteiger partial charge >= 0.3 is 0 Å². The summed E-state index contributed by atoms with van der Waals surface area (Å²) < 4.78 is 27.3. The molecule has 0 aliphatic heterocycles. The van der Waals surface area contributed by atoms with Gasteiger partial charge in [-0.05, 0) is 45.8 Å². The van der Waals surface area contributed by atoms with Crippen molar-refractivity contribution in [2.24, 2.45) is 0 Å². The Hall–Kier alpha value is -2.81. The maximum atomic E-state index is 13.6. The molecule has 0 aliphatic carbocycles. The van der Waals surface area contributed by atoms with E-state index in [1.807, 2.05) is 30.3 Å². The van der Waals surface area contributed by atoms with Crippen molar-refractivity contribution in [1.29, 1.82) is 0 Å². The van der Waals surface area contributed by atoms with Gasteiger partial charge < -0.3 is 0 Å². The molecule has 26 heavy (non-hydrogen) atoms. The van der Waals surface area contributed by atoms with Gasteiger partial charge in [0.1, 0.15) is 0 Å². The van der Waals surface area contributed by atoms with E-state index in [2.05, 4.69) is 31.0 Å². The summed E-state index contributed by atoms with van der Waals surface area (Å²) in [6, 6.07) is 19.0. The van der Waals surface area contributed by atoms with Crippen LogP contribution < -0.4 is 0 Å². The molecule has 0 unspecified atom stereocenters. The van der Waals surface area contributed by atoms with Gasteiger partial charge in [0.15, 0.2) is 0 Å². The SMILES string of the molecule is CC(C)c1ccc2c(-c3cc(C(F)F)c4ccccc4c3)nccc2c1. The minimum atomic E-state index is -2.53. The van der Waals surface area contributed by atoms with E-state index in [1.165, 1.54) is 5.56 Å². The number of nitrogens with zero attached hydrogens (tertiary/aromatic N) is 1. The van der Waals surface area contributed by atoms with Gasteiger partial charge in [-0.25, -0.2) is 8.78 Å². The first-order valence-electron chi connectivity index (χ1n) is 8.74. The van der Waals surface area contributed by atoms with Crippen LogP contribution in [0.4, 0.5) is 8.78 Å². The Kier molecular flexibility index (Phi) is 4.15. The van der Waals surface area contributed by atoms with Crippen LogP contribution >= 0.6 is 0 Å². The van der Waals surface area contributed by atoms with E-state index in [1.54, 1.807) is 24.4 Å². The van der Waals surface area contributed by atoms with Crippen LogP contribution in [0.5, 0.6) is 0 Å². The highest BCUT2D eigenvalue weighted by Crippen LogP contribution is 2.35. The monoisotopic (exact) mass is 347 g/mol. The van der Waals surface area contributed by atoms with Crippen molar-refractivity contribution in [2.75, 3.05) is 0 Å². The molecule has 0 saturated carbocycles. The van der Waals surface area contributed by atoms with Crippen LogP contribution in [-0.4, -0.2) is 4.98 Å². The first kappa shape index (κ1) is 16.6. The molecule has 0 bridgehead atoms. The van der Waals surface area contributed by atoms with Gasteiger partial charge in [0.2, 0.25) is 0 Å². The van der Waals surface area contributed by atoms with Crippen LogP contribution in [0.25, 0.3) is 32.8 Å². The third-order valence-electron chi connectivity index (χ3n) is 4.86. The van der Waals surface area contributed by atoms with Crippen molar-refractivity contribution < 1.29 is 8.78 Å². The van der Waals surface area contributed by atoms with Gasteiger partial charge in [-0.15, -0.1) is 0 Å². The van der Waals surface area contributed by atoms with Gasteiger partial charge in [-0.3, -0.25) is 4.98 Å². The lowest BCUT2D eigenvalue weighted by atomic mass is 9.95. The van der Waals surface area contributed by atoms with Crippen molar-refractivity contribution in [3.05, 3.63) is 78.0 Å². The zero-order chi connectivity index (χ0) is 18.3.